The van der Waals surface area contributed by atoms with Gasteiger partial charge in [-0.3, -0.25) is 9.59 Å². The van der Waals surface area contributed by atoms with E-state index in [9.17, 15) is 9.59 Å². The van der Waals surface area contributed by atoms with Gasteiger partial charge < -0.3 is 15.6 Å². The summed E-state index contributed by atoms with van der Waals surface area (Å²) in [6.07, 6.45) is 5.60. The van der Waals surface area contributed by atoms with Gasteiger partial charge in [0.25, 0.3) is 5.56 Å². The maximum absolute atomic E-state index is 12.3. The first-order valence-corrected chi connectivity index (χ1v) is 11.2. The molecule has 0 atom stereocenters. The zero-order valence-electron chi connectivity index (χ0n) is 16.6. The summed E-state index contributed by atoms with van der Waals surface area (Å²) in [7, 11) is 0. The largest absolute Gasteiger partial charge is 0.343 e. The van der Waals surface area contributed by atoms with Crippen LogP contribution in [0, 0.1) is 6.92 Å². The van der Waals surface area contributed by atoms with E-state index in [4.69, 9.17) is 5.73 Å². The molecule has 1 aromatic heterocycles. The Labute approximate surface area is 170 Å². The molecule has 0 spiro atoms. The highest BCUT2D eigenvalue weighted by Gasteiger charge is 2.23. The second-order valence-electron chi connectivity index (χ2n) is 7.47. The van der Waals surface area contributed by atoms with Crippen LogP contribution in [0.25, 0.3) is 10.9 Å². The first kappa shape index (κ1) is 20.9. The maximum Gasteiger partial charge on any atom is 0.258 e. The van der Waals surface area contributed by atoms with Crippen LogP contribution in [-0.2, 0) is 10.5 Å². The molecule has 0 radical (unpaired) electrons. The fourth-order valence-electron chi connectivity index (χ4n) is 3.64. The normalized spacial score (nSPS) is 15.3. The number of aromatic amines is 1. The average Bonchev–Trinajstić information content (AvgIpc) is 2.71. The second kappa shape index (κ2) is 10.1. The highest BCUT2D eigenvalue weighted by atomic mass is 32.2. The number of aromatic nitrogens is 2. The van der Waals surface area contributed by atoms with E-state index >= 15 is 0 Å². The summed E-state index contributed by atoms with van der Waals surface area (Å²) < 4.78 is 0. The monoisotopic (exact) mass is 402 g/mol. The van der Waals surface area contributed by atoms with Crippen LogP contribution in [0.15, 0.2) is 23.0 Å². The van der Waals surface area contributed by atoms with Crippen molar-refractivity contribution in [3.63, 3.8) is 0 Å². The van der Waals surface area contributed by atoms with Crippen LogP contribution in [0.2, 0.25) is 0 Å². The molecule has 1 amide bonds. The third-order valence-electron chi connectivity index (χ3n) is 5.33. The van der Waals surface area contributed by atoms with Crippen LogP contribution in [0.5, 0.6) is 0 Å². The molecule has 7 heteroatoms. The number of benzene rings is 1. The predicted octanol–water partition coefficient (Wildman–Crippen LogP) is 2.97. The molecule has 0 aliphatic carbocycles. The van der Waals surface area contributed by atoms with Gasteiger partial charge in [0.1, 0.15) is 5.82 Å². The topological polar surface area (TPSA) is 92.1 Å². The number of piperidine rings is 1. The number of hydrogen-bond donors (Lipinski definition) is 2. The molecular formula is C21H30N4O2S. The summed E-state index contributed by atoms with van der Waals surface area (Å²) in [4.78, 5) is 34.1. The van der Waals surface area contributed by atoms with E-state index in [2.05, 4.69) is 9.97 Å². The lowest BCUT2D eigenvalue weighted by atomic mass is 10.1. The number of para-hydroxylation sites is 1. The summed E-state index contributed by atoms with van der Waals surface area (Å²) in [5, 5.41) is 1.14. The van der Waals surface area contributed by atoms with Gasteiger partial charge in [-0.1, -0.05) is 18.6 Å². The number of carbonyl (C=O) groups is 1. The highest BCUT2D eigenvalue weighted by molar-refractivity contribution is 7.99. The van der Waals surface area contributed by atoms with Gasteiger partial charge in [-0.2, -0.15) is 11.8 Å². The molecule has 1 fully saturated rings. The van der Waals surface area contributed by atoms with Crippen LogP contribution in [0.1, 0.15) is 49.9 Å². The number of hydrogen-bond acceptors (Lipinski definition) is 5. The van der Waals surface area contributed by atoms with E-state index in [1.165, 1.54) is 0 Å². The van der Waals surface area contributed by atoms with Gasteiger partial charge in [0, 0.05) is 24.8 Å². The molecule has 0 unspecified atom stereocenters. The number of nitrogens with two attached hydrogens (primary N) is 1. The van der Waals surface area contributed by atoms with Gasteiger partial charge >= 0.3 is 0 Å². The lowest BCUT2D eigenvalue weighted by Gasteiger charge is -2.31. The number of amides is 1. The Kier molecular flexibility index (Phi) is 7.50. The molecule has 1 aliphatic rings. The van der Waals surface area contributed by atoms with Crippen molar-refractivity contribution < 1.29 is 4.79 Å². The highest BCUT2D eigenvalue weighted by Crippen LogP contribution is 2.26. The number of nitrogens with zero attached hydrogens (tertiary/aromatic N) is 2. The van der Waals surface area contributed by atoms with E-state index in [1.807, 2.05) is 41.8 Å². The first-order valence-electron chi connectivity index (χ1n) is 10.2. The Balaban J connectivity index is 1.48. The molecular weight excluding hydrogens is 372 g/mol. The van der Waals surface area contributed by atoms with Gasteiger partial charge in [-0.15, -0.1) is 0 Å². The van der Waals surface area contributed by atoms with E-state index in [1.54, 1.807) is 0 Å². The van der Waals surface area contributed by atoms with Crippen LogP contribution >= 0.6 is 11.8 Å². The lowest BCUT2D eigenvalue weighted by molar-refractivity contribution is -0.132. The molecule has 3 rings (SSSR count). The summed E-state index contributed by atoms with van der Waals surface area (Å²) in [6, 6.07) is 5.68. The van der Waals surface area contributed by atoms with Crippen LogP contribution in [0.3, 0.4) is 0 Å². The van der Waals surface area contributed by atoms with Crippen molar-refractivity contribution in [2.24, 2.45) is 5.73 Å². The molecule has 2 aromatic rings. The second-order valence-corrected chi connectivity index (χ2v) is 8.76. The number of thioether (sulfide) groups is 1. The number of carbonyl (C=O) groups excluding carboxylic acids is 1. The minimum absolute atomic E-state index is 0.0700. The zero-order chi connectivity index (χ0) is 19.9. The average molecular weight is 403 g/mol. The van der Waals surface area contributed by atoms with Gasteiger partial charge in [-0.25, -0.2) is 4.98 Å². The third kappa shape index (κ3) is 5.35. The van der Waals surface area contributed by atoms with E-state index in [0.29, 0.717) is 29.4 Å². The smallest absolute Gasteiger partial charge is 0.258 e. The molecule has 28 heavy (non-hydrogen) atoms. The summed E-state index contributed by atoms with van der Waals surface area (Å²) >= 11 is 1.83. The van der Waals surface area contributed by atoms with Crippen molar-refractivity contribution >= 4 is 28.6 Å². The van der Waals surface area contributed by atoms with Crippen molar-refractivity contribution in [1.82, 2.24) is 14.9 Å². The number of aryl methyl sites for hydroxylation is 1. The van der Waals surface area contributed by atoms with E-state index < -0.39 is 0 Å². The fourth-order valence-corrected chi connectivity index (χ4v) is 4.72. The molecule has 152 valence electrons. The molecule has 1 aliphatic heterocycles. The number of unbranched alkanes of at least 4 members (excludes halogenated alkanes) is 2. The summed E-state index contributed by atoms with van der Waals surface area (Å²) in [5.41, 5.74) is 7.24. The molecule has 2 heterocycles. The number of H-pyrrole nitrogens is 1. The third-order valence-corrected chi connectivity index (χ3v) is 6.72. The van der Waals surface area contributed by atoms with E-state index in [0.717, 1.165) is 62.1 Å². The molecule has 6 nitrogen and oxygen atoms in total. The minimum Gasteiger partial charge on any atom is -0.343 e. The quantitative estimate of drug-likeness (QED) is 0.662. The van der Waals surface area contributed by atoms with Crippen molar-refractivity contribution in [2.45, 2.75) is 56.5 Å². The van der Waals surface area contributed by atoms with Gasteiger partial charge in [0.2, 0.25) is 5.91 Å². The van der Waals surface area contributed by atoms with E-state index in [-0.39, 0.29) is 11.5 Å². The van der Waals surface area contributed by atoms with Crippen molar-refractivity contribution in [3.8, 4) is 0 Å². The Morgan fingerprint density at radius 1 is 1.29 bits per heavy atom. The fraction of sp³-hybridized carbons (Fsp3) is 0.571. The van der Waals surface area contributed by atoms with Crippen molar-refractivity contribution in [3.05, 3.63) is 39.9 Å². The van der Waals surface area contributed by atoms with Crippen LogP contribution in [-0.4, -0.2) is 45.7 Å². The molecule has 0 saturated carbocycles. The molecule has 3 N–H and O–H groups in total. The minimum atomic E-state index is -0.0700. The van der Waals surface area contributed by atoms with Crippen LogP contribution < -0.4 is 11.3 Å². The maximum atomic E-state index is 12.3. The van der Waals surface area contributed by atoms with Gasteiger partial charge in [0.05, 0.1) is 16.7 Å². The number of rotatable bonds is 8. The Hall–Kier alpha value is -1.86. The summed E-state index contributed by atoms with van der Waals surface area (Å²) in [5.74, 6) is 1.70. The van der Waals surface area contributed by atoms with Crippen molar-refractivity contribution in [2.75, 3.05) is 19.6 Å². The SMILES string of the molecule is Cc1cccc2c(=O)[nH]c(CSC3CCN(C(=O)CCCCCN)CC3)nc12. The van der Waals surface area contributed by atoms with Crippen LogP contribution in [0.4, 0.5) is 0 Å². The number of fused-ring (bicyclic) bond motifs is 1. The zero-order valence-corrected chi connectivity index (χ0v) is 17.4. The first-order chi connectivity index (χ1) is 13.6. The standard InChI is InChI=1S/C21H30N4O2S/c1-15-6-5-7-17-20(15)23-18(24-21(17)27)14-28-16-9-12-25(13-10-16)19(26)8-3-2-4-11-22/h5-7,16H,2-4,8-14,22H2,1H3,(H,23,24,27). The summed E-state index contributed by atoms with van der Waals surface area (Å²) in [6.45, 7) is 4.34. The number of nitrogens with one attached hydrogen (secondary N) is 1. The molecule has 0 bridgehead atoms. The Morgan fingerprint density at radius 2 is 2.07 bits per heavy atom. The van der Waals surface area contributed by atoms with Gasteiger partial charge in [-0.05, 0) is 50.8 Å². The Bertz CT molecular complexity index is 859. The predicted molar refractivity (Wildman–Crippen MR) is 116 cm³/mol. The molecule has 1 aromatic carbocycles. The Morgan fingerprint density at radius 3 is 2.82 bits per heavy atom. The van der Waals surface area contributed by atoms with Crippen molar-refractivity contribution in [1.29, 1.82) is 0 Å². The molecule has 1 saturated heterocycles. The lowest BCUT2D eigenvalue weighted by Crippen LogP contribution is -2.39. The number of likely N-dealkylation sites (tertiary alicyclic amines) is 1. The van der Waals surface area contributed by atoms with Gasteiger partial charge in [0.15, 0.2) is 0 Å².